The zero-order chi connectivity index (χ0) is 17.1. The summed E-state index contributed by atoms with van der Waals surface area (Å²) in [6.45, 7) is 0. The molecule has 0 saturated heterocycles. The Labute approximate surface area is 138 Å². The fraction of sp³-hybridized carbons (Fsp3) is 0.111. The molecular formula is C18H16FN3O2. The largest absolute Gasteiger partial charge is 0.496 e. The minimum atomic E-state index is -0.410. The fourth-order valence-corrected chi connectivity index (χ4v) is 2.39. The van der Waals surface area contributed by atoms with E-state index in [9.17, 15) is 9.18 Å². The Morgan fingerprint density at radius 3 is 2.71 bits per heavy atom. The summed E-state index contributed by atoms with van der Waals surface area (Å²) in [5.41, 5.74) is 2.57. The number of anilines is 1. The number of nitrogens with one attached hydrogen (secondary N) is 1. The number of methoxy groups -OCH3 is 1. The van der Waals surface area contributed by atoms with Gasteiger partial charge in [0.15, 0.2) is 0 Å². The van der Waals surface area contributed by atoms with E-state index in [2.05, 4.69) is 10.4 Å². The quantitative estimate of drug-likeness (QED) is 0.799. The van der Waals surface area contributed by atoms with Crippen LogP contribution >= 0.6 is 0 Å². The van der Waals surface area contributed by atoms with Crippen molar-refractivity contribution >= 4 is 11.6 Å². The minimum absolute atomic E-state index is 0.366. The van der Waals surface area contributed by atoms with E-state index in [0.717, 1.165) is 11.1 Å². The number of carbonyl (C=O) groups excluding carboxylic acids is 1. The molecule has 5 nitrogen and oxygen atoms in total. The van der Waals surface area contributed by atoms with E-state index >= 15 is 0 Å². The normalized spacial score (nSPS) is 10.5. The number of aromatic nitrogens is 2. The lowest BCUT2D eigenvalue weighted by Crippen LogP contribution is -2.13. The van der Waals surface area contributed by atoms with Crippen molar-refractivity contribution in [2.24, 2.45) is 7.05 Å². The molecule has 0 spiro atoms. The standard InChI is InChI=1S/C18H16FN3O2/c1-22-11-13(10-20-22)12-6-7-16(17(8-12)24-2)18(23)21-15-5-3-4-14(19)9-15/h3-11H,1-2H3,(H,21,23). The van der Waals surface area contributed by atoms with Crippen molar-refractivity contribution in [1.29, 1.82) is 0 Å². The molecule has 2 aromatic carbocycles. The zero-order valence-corrected chi connectivity index (χ0v) is 13.3. The number of nitrogens with zero attached hydrogens (tertiary/aromatic N) is 2. The molecule has 1 aromatic heterocycles. The smallest absolute Gasteiger partial charge is 0.259 e. The molecule has 0 saturated carbocycles. The summed E-state index contributed by atoms with van der Waals surface area (Å²) in [7, 11) is 3.34. The molecule has 1 N–H and O–H groups in total. The first-order valence-corrected chi connectivity index (χ1v) is 7.31. The molecule has 0 unspecified atom stereocenters. The fourth-order valence-electron chi connectivity index (χ4n) is 2.39. The molecule has 1 heterocycles. The molecule has 0 aliphatic heterocycles. The number of ether oxygens (including phenoxy) is 1. The van der Waals surface area contributed by atoms with Gasteiger partial charge in [-0.05, 0) is 35.9 Å². The highest BCUT2D eigenvalue weighted by Gasteiger charge is 2.14. The maximum atomic E-state index is 13.2. The summed E-state index contributed by atoms with van der Waals surface area (Å²) >= 11 is 0. The van der Waals surface area contributed by atoms with Crippen LogP contribution in [0.4, 0.5) is 10.1 Å². The number of aryl methyl sites for hydroxylation is 1. The summed E-state index contributed by atoms with van der Waals surface area (Å²) in [4.78, 5) is 12.4. The van der Waals surface area contributed by atoms with E-state index in [-0.39, 0.29) is 5.91 Å². The van der Waals surface area contributed by atoms with Gasteiger partial charge in [-0.3, -0.25) is 9.48 Å². The summed E-state index contributed by atoms with van der Waals surface area (Å²) < 4.78 is 20.3. The van der Waals surface area contributed by atoms with Crippen LogP contribution in [0.2, 0.25) is 0 Å². The highest BCUT2D eigenvalue weighted by atomic mass is 19.1. The van der Waals surface area contributed by atoms with E-state index < -0.39 is 5.82 Å². The molecular weight excluding hydrogens is 309 g/mol. The minimum Gasteiger partial charge on any atom is -0.496 e. The number of carbonyl (C=O) groups is 1. The predicted molar refractivity (Wildman–Crippen MR) is 89.5 cm³/mol. The Bertz CT molecular complexity index is 889. The Balaban J connectivity index is 1.88. The summed E-state index contributed by atoms with van der Waals surface area (Å²) in [5.74, 6) is -0.341. The van der Waals surface area contributed by atoms with E-state index in [1.807, 2.05) is 19.3 Å². The summed E-state index contributed by atoms with van der Waals surface area (Å²) in [5, 5.41) is 6.79. The van der Waals surface area contributed by atoms with Gasteiger partial charge < -0.3 is 10.1 Å². The van der Waals surface area contributed by atoms with Gasteiger partial charge in [0.25, 0.3) is 5.91 Å². The Kier molecular flexibility index (Phi) is 4.29. The van der Waals surface area contributed by atoms with E-state index in [0.29, 0.717) is 17.0 Å². The molecule has 3 aromatic rings. The van der Waals surface area contributed by atoms with Crippen LogP contribution in [0.1, 0.15) is 10.4 Å². The van der Waals surface area contributed by atoms with Crippen molar-refractivity contribution in [3.8, 4) is 16.9 Å². The third kappa shape index (κ3) is 3.27. The van der Waals surface area contributed by atoms with Crippen LogP contribution in [0.5, 0.6) is 5.75 Å². The second kappa shape index (κ2) is 6.54. The van der Waals surface area contributed by atoms with Crippen LogP contribution in [-0.4, -0.2) is 22.8 Å². The van der Waals surface area contributed by atoms with Gasteiger partial charge in [0.1, 0.15) is 11.6 Å². The number of hydrogen-bond donors (Lipinski definition) is 1. The SMILES string of the molecule is COc1cc(-c2cnn(C)c2)ccc1C(=O)Nc1cccc(F)c1. The summed E-state index contributed by atoms with van der Waals surface area (Å²) in [6.07, 6.45) is 3.61. The van der Waals surface area contributed by atoms with Gasteiger partial charge in [0.2, 0.25) is 0 Å². The summed E-state index contributed by atoms with van der Waals surface area (Å²) in [6, 6.07) is 11.0. The average molecular weight is 325 g/mol. The second-order valence-electron chi connectivity index (χ2n) is 5.28. The van der Waals surface area contributed by atoms with Crippen LogP contribution in [-0.2, 0) is 7.05 Å². The lowest BCUT2D eigenvalue weighted by atomic mass is 10.1. The number of benzene rings is 2. The van der Waals surface area contributed by atoms with Crippen LogP contribution in [0, 0.1) is 5.82 Å². The molecule has 6 heteroatoms. The zero-order valence-electron chi connectivity index (χ0n) is 13.3. The van der Waals surface area contributed by atoms with Crippen molar-refractivity contribution in [1.82, 2.24) is 9.78 Å². The topological polar surface area (TPSA) is 56.2 Å². The molecule has 1 amide bonds. The van der Waals surface area contributed by atoms with Crippen LogP contribution < -0.4 is 10.1 Å². The predicted octanol–water partition coefficient (Wildman–Crippen LogP) is 3.49. The highest BCUT2D eigenvalue weighted by molar-refractivity contribution is 6.06. The Hall–Kier alpha value is -3.15. The van der Waals surface area contributed by atoms with Crippen molar-refractivity contribution in [2.45, 2.75) is 0 Å². The number of halogens is 1. The molecule has 0 atom stereocenters. The first-order chi connectivity index (χ1) is 11.6. The van der Waals surface area contributed by atoms with Gasteiger partial charge in [-0.2, -0.15) is 5.10 Å². The van der Waals surface area contributed by atoms with Crippen molar-refractivity contribution in [3.05, 3.63) is 66.2 Å². The third-order valence-electron chi connectivity index (χ3n) is 3.57. The first-order valence-electron chi connectivity index (χ1n) is 7.31. The maximum Gasteiger partial charge on any atom is 0.259 e. The van der Waals surface area contributed by atoms with Gasteiger partial charge in [-0.15, -0.1) is 0 Å². The van der Waals surface area contributed by atoms with Crippen LogP contribution in [0.3, 0.4) is 0 Å². The lowest BCUT2D eigenvalue weighted by molar-refractivity contribution is 0.102. The number of hydrogen-bond acceptors (Lipinski definition) is 3. The van der Waals surface area contributed by atoms with Crippen molar-refractivity contribution in [3.63, 3.8) is 0 Å². The number of amides is 1. The van der Waals surface area contributed by atoms with Gasteiger partial charge in [-0.1, -0.05) is 12.1 Å². The van der Waals surface area contributed by atoms with Crippen molar-refractivity contribution < 1.29 is 13.9 Å². The van der Waals surface area contributed by atoms with E-state index in [1.54, 1.807) is 29.1 Å². The molecule has 0 aliphatic carbocycles. The molecule has 122 valence electrons. The molecule has 24 heavy (non-hydrogen) atoms. The highest BCUT2D eigenvalue weighted by Crippen LogP contribution is 2.27. The number of rotatable bonds is 4. The maximum absolute atomic E-state index is 13.2. The van der Waals surface area contributed by atoms with Gasteiger partial charge >= 0.3 is 0 Å². The molecule has 0 radical (unpaired) electrons. The second-order valence-corrected chi connectivity index (χ2v) is 5.28. The molecule has 0 bridgehead atoms. The monoisotopic (exact) mass is 325 g/mol. The van der Waals surface area contributed by atoms with E-state index in [1.165, 1.54) is 25.3 Å². The molecule has 0 fully saturated rings. The molecule has 0 aliphatic rings. The van der Waals surface area contributed by atoms with Crippen LogP contribution in [0.15, 0.2) is 54.9 Å². The lowest BCUT2D eigenvalue weighted by Gasteiger charge is -2.11. The Morgan fingerprint density at radius 1 is 1.21 bits per heavy atom. The van der Waals surface area contributed by atoms with Crippen LogP contribution in [0.25, 0.3) is 11.1 Å². The third-order valence-corrected chi connectivity index (χ3v) is 3.57. The van der Waals surface area contributed by atoms with Gasteiger partial charge in [0.05, 0.1) is 18.9 Å². The molecule has 3 rings (SSSR count). The van der Waals surface area contributed by atoms with E-state index in [4.69, 9.17) is 4.74 Å². The van der Waals surface area contributed by atoms with Gasteiger partial charge in [-0.25, -0.2) is 4.39 Å². The first kappa shape index (κ1) is 15.7. The average Bonchev–Trinajstić information content (AvgIpc) is 3.00. The van der Waals surface area contributed by atoms with Crippen molar-refractivity contribution in [2.75, 3.05) is 12.4 Å². The Morgan fingerprint density at radius 2 is 2.04 bits per heavy atom. The van der Waals surface area contributed by atoms with Gasteiger partial charge in [0, 0.05) is 24.5 Å².